The minimum absolute atomic E-state index is 0.314. The van der Waals surface area contributed by atoms with Crippen molar-refractivity contribution in [3.05, 3.63) is 42.2 Å². The minimum atomic E-state index is -1.02. The lowest BCUT2D eigenvalue weighted by molar-refractivity contribution is -0.0195. The van der Waals surface area contributed by atoms with Gasteiger partial charge < -0.3 is 10.0 Å². The van der Waals surface area contributed by atoms with Crippen LogP contribution in [0.15, 0.2) is 18.2 Å². The van der Waals surface area contributed by atoms with Crippen molar-refractivity contribution < 1.29 is 9.50 Å². The molecule has 0 bridgehead atoms. The number of rotatable bonds is 1. The normalized spacial score (nSPS) is 21.0. The third-order valence-electron chi connectivity index (χ3n) is 3.31. The molecule has 2 nitrogen and oxygen atoms in total. The van der Waals surface area contributed by atoms with Crippen molar-refractivity contribution in [1.29, 1.82) is 0 Å². The van der Waals surface area contributed by atoms with E-state index in [9.17, 15) is 9.50 Å². The van der Waals surface area contributed by atoms with Crippen LogP contribution < -0.4 is 0 Å². The quantitative estimate of drug-likeness (QED) is 0.736. The second kappa shape index (κ2) is 4.15. The zero-order valence-electron chi connectivity index (χ0n) is 9.54. The zero-order chi connectivity index (χ0) is 11.8. The van der Waals surface area contributed by atoms with Crippen molar-refractivity contribution in [3.63, 3.8) is 0 Å². The lowest BCUT2D eigenvalue weighted by Crippen LogP contribution is -2.40. The summed E-state index contributed by atoms with van der Waals surface area (Å²) in [5.74, 6) is -0.314. The maximum atomic E-state index is 13.7. The summed E-state index contributed by atoms with van der Waals surface area (Å²) < 4.78 is 13.7. The van der Waals surface area contributed by atoms with Gasteiger partial charge in [-0.1, -0.05) is 17.7 Å². The molecule has 0 spiro atoms. The van der Waals surface area contributed by atoms with Gasteiger partial charge in [-0.05, 0) is 38.9 Å². The molecule has 0 aliphatic carbocycles. The summed E-state index contributed by atoms with van der Waals surface area (Å²) in [7, 11) is 3.83. The molecule has 0 radical (unpaired) electrons. The molecule has 1 N–H and O–H groups in total. The molecule has 0 aromatic heterocycles. The van der Waals surface area contributed by atoms with Gasteiger partial charge in [0.1, 0.15) is 5.82 Å². The number of piperidine rings is 1. The van der Waals surface area contributed by atoms with Gasteiger partial charge >= 0.3 is 0 Å². The molecular weight excluding hydrogens is 205 g/mol. The number of hydrogen-bond donors (Lipinski definition) is 1. The second-order valence-corrected chi connectivity index (χ2v) is 4.63. The maximum absolute atomic E-state index is 13.7. The fourth-order valence-corrected chi connectivity index (χ4v) is 2.19. The number of likely N-dealkylation sites (tertiary alicyclic amines) is 1. The van der Waals surface area contributed by atoms with E-state index in [0.717, 1.165) is 5.56 Å². The third-order valence-corrected chi connectivity index (χ3v) is 3.31. The average Bonchev–Trinajstić information content (AvgIpc) is 2.26. The van der Waals surface area contributed by atoms with Crippen molar-refractivity contribution in [1.82, 2.24) is 4.90 Å². The standard InChI is InChI=1S/C13H17FNO/c1-10-3-4-12(14)11(9-10)13(16)5-7-15(2)8-6-13/h3-4,9,16H,2,5-8H2,1H3/q-1. The Kier molecular flexibility index (Phi) is 3.00. The van der Waals surface area contributed by atoms with E-state index in [1.807, 2.05) is 11.8 Å². The highest BCUT2D eigenvalue weighted by Gasteiger charge is 2.33. The predicted octanol–water partition coefficient (Wildman–Crippen LogP) is 2.21. The van der Waals surface area contributed by atoms with Crippen LogP contribution in [0.4, 0.5) is 4.39 Å². The van der Waals surface area contributed by atoms with Crippen molar-refractivity contribution in [2.24, 2.45) is 0 Å². The van der Waals surface area contributed by atoms with Crippen LogP contribution in [-0.4, -0.2) is 23.1 Å². The number of halogens is 1. The Hall–Kier alpha value is -0.930. The number of aryl methyl sites for hydroxylation is 1. The first-order valence-electron chi connectivity index (χ1n) is 5.56. The fourth-order valence-electron chi connectivity index (χ4n) is 2.19. The second-order valence-electron chi connectivity index (χ2n) is 4.63. The van der Waals surface area contributed by atoms with Crippen LogP contribution in [0, 0.1) is 19.8 Å². The van der Waals surface area contributed by atoms with Crippen LogP contribution in [-0.2, 0) is 5.60 Å². The zero-order valence-corrected chi connectivity index (χ0v) is 9.54. The van der Waals surface area contributed by atoms with E-state index in [1.165, 1.54) is 6.07 Å². The number of aliphatic hydroxyl groups is 1. The van der Waals surface area contributed by atoms with Crippen molar-refractivity contribution in [3.8, 4) is 0 Å². The maximum Gasteiger partial charge on any atom is 0.129 e. The summed E-state index contributed by atoms with van der Waals surface area (Å²) in [4.78, 5) is 1.90. The van der Waals surface area contributed by atoms with Crippen molar-refractivity contribution in [2.75, 3.05) is 13.1 Å². The van der Waals surface area contributed by atoms with Gasteiger partial charge in [0, 0.05) is 5.56 Å². The number of hydrogen-bond acceptors (Lipinski definition) is 2. The molecule has 2 rings (SSSR count). The molecule has 1 aliphatic rings. The van der Waals surface area contributed by atoms with E-state index < -0.39 is 5.60 Å². The summed E-state index contributed by atoms with van der Waals surface area (Å²) >= 11 is 0. The van der Waals surface area contributed by atoms with Gasteiger partial charge in [0.25, 0.3) is 0 Å². The Morgan fingerprint density at radius 2 is 2.00 bits per heavy atom. The van der Waals surface area contributed by atoms with E-state index in [-0.39, 0.29) is 5.82 Å². The third kappa shape index (κ3) is 2.11. The lowest BCUT2D eigenvalue weighted by atomic mass is 9.83. The highest BCUT2D eigenvalue weighted by Crippen LogP contribution is 2.34. The first kappa shape index (κ1) is 11.6. The van der Waals surface area contributed by atoms with Gasteiger partial charge in [-0.15, -0.1) is 0 Å². The summed E-state index contributed by atoms with van der Waals surface area (Å²) in [6, 6.07) is 4.89. The van der Waals surface area contributed by atoms with Gasteiger partial charge in [-0.3, -0.25) is 7.05 Å². The Morgan fingerprint density at radius 1 is 1.38 bits per heavy atom. The van der Waals surface area contributed by atoms with Crippen LogP contribution >= 0.6 is 0 Å². The van der Waals surface area contributed by atoms with E-state index in [0.29, 0.717) is 31.5 Å². The number of benzene rings is 1. The van der Waals surface area contributed by atoms with Crippen LogP contribution in [0.1, 0.15) is 24.0 Å². The molecule has 0 saturated carbocycles. The van der Waals surface area contributed by atoms with Gasteiger partial charge in [-0.25, -0.2) is 4.39 Å². The van der Waals surface area contributed by atoms with E-state index in [2.05, 4.69) is 7.05 Å². The first-order valence-corrected chi connectivity index (χ1v) is 5.56. The molecule has 1 fully saturated rings. The van der Waals surface area contributed by atoms with Gasteiger partial charge in [-0.2, -0.15) is 0 Å². The van der Waals surface area contributed by atoms with Crippen LogP contribution in [0.5, 0.6) is 0 Å². The van der Waals surface area contributed by atoms with Crippen LogP contribution in [0.25, 0.3) is 0 Å². The van der Waals surface area contributed by atoms with Gasteiger partial charge in [0.05, 0.1) is 5.60 Å². The Labute approximate surface area is 95.7 Å². The van der Waals surface area contributed by atoms with Gasteiger partial charge in [0.15, 0.2) is 0 Å². The highest BCUT2D eigenvalue weighted by molar-refractivity contribution is 5.29. The minimum Gasteiger partial charge on any atom is -0.459 e. The summed E-state index contributed by atoms with van der Waals surface area (Å²) in [5, 5.41) is 10.5. The Balaban J connectivity index is 2.32. The molecular formula is C13H17FNO-. The SMILES string of the molecule is [CH2-]N1CCC(O)(c2cc(C)ccc2F)CC1. The molecule has 16 heavy (non-hydrogen) atoms. The van der Waals surface area contributed by atoms with Gasteiger partial charge in [0.2, 0.25) is 0 Å². The van der Waals surface area contributed by atoms with Crippen molar-refractivity contribution in [2.45, 2.75) is 25.4 Å². The topological polar surface area (TPSA) is 23.5 Å². The summed E-state index contributed by atoms with van der Waals surface area (Å²) in [6.45, 7) is 3.30. The van der Waals surface area contributed by atoms with Crippen molar-refractivity contribution >= 4 is 0 Å². The van der Waals surface area contributed by atoms with E-state index in [1.54, 1.807) is 12.1 Å². The lowest BCUT2D eigenvalue weighted by Gasteiger charge is -2.40. The molecule has 0 atom stereocenters. The first-order chi connectivity index (χ1) is 7.51. The number of nitrogens with zero attached hydrogens (tertiary/aromatic N) is 1. The monoisotopic (exact) mass is 222 g/mol. The average molecular weight is 222 g/mol. The fraction of sp³-hybridized carbons (Fsp3) is 0.462. The summed E-state index contributed by atoms with van der Waals surface area (Å²) in [5.41, 5.74) is 0.382. The largest absolute Gasteiger partial charge is 0.459 e. The van der Waals surface area contributed by atoms with E-state index >= 15 is 0 Å². The molecule has 3 heteroatoms. The van der Waals surface area contributed by atoms with Crippen LogP contribution in [0.2, 0.25) is 0 Å². The van der Waals surface area contributed by atoms with Crippen LogP contribution in [0.3, 0.4) is 0 Å². The molecule has 1 aliphatic heterocycles. The Bertz CT molecular complexity index is 384. The molecule has 0 amide bonds. The Morgan fingerprint density at radius 3 is 2.62 bits per heavy atom. The molecule has 1 saturated heterocycles. The molecule has 1 aromatic rings. The highest BCUT2D eigenvalue weighted by atomic mass is 19.1. The smallest absolute Gasteiger partial charge is 0.129 e. The molecule has 0 unspecified atom stereocenters. The van der Waals surface area contributed by atoms with E-state index in [4.69, 9.17) is 0 Å². The predicted molar refractivity (Wildman–Crippen MR) is 61.2 cm³/mol. The molecule has 1 aromatic carbocycles. The molecule has 88 valence electrons. The summed E-state index contributed by atoms with van der Waals surface area (Å²) in [6.07, 6.45) is 1.08. The molecule has 1 heterocycles.